The Bertz CT molecular complexity index is 400. The summed E-state index contributed by atoms with van der Waals surface area (Å²) in [5, 5.41) is 0. The number of methoxy groups -OCH3 is 1. The second-order valence-electron chi connectivity index (χ2n) is 4.09. The van der Waals surface area contributed by atoms with Crippen molar-refractivity contribution in [1.82, 2.24) is 4.57 Å². The van der Waals surface area contributed by atoms with Gasteiger partial charge in [0.25, 0.3) is 0 Å². The van der Waals surface area contributed by atoms with Gasteiger partial charge in [0.1, 0.15) is 0 Å². The van der Waals surface area contributed by atoms with E-state index in [0.29, 0.717) is 12.0 Å². The van der Waals surface area contributed by atoms with Gasteiger partial charge in [-0.15, -0.1) is 0 Å². The summed E-state index contributed by atoms with van der Waals surface area (Å²) < 4.78 is 32.2. The number of rotatable bonds is 2. The molecule has 1 fully saturated rings. The Morgan fingerprint density at radius 1 is 1.62 bits per heavy atom. The molecule has 0 radical (unpaired) electrons. The molecule has 0 aromatic carbocycles. The Kier molecular flexibility index (Phi) is 2.69. The van der Waals surface area contributed by atoms with Crippen LogP contribution >= 0.6 is 0 Å². The van der Waals surface area contributed by atoms with Gasteiger partial charge in [0.2, 0.25) is 5.92 Å². The summed E-state index contributed by atoms with van der Waals surface area (Å²) in [6.07, 6.45) is 3.43. The fraction of sp³-hybridized carbons (Fsp3) is 0.545. The van der Waals surface area contributed by atoms with Crippen molar-refractivity contribution in [2.24, 2.45) is 0 Å². The molecule has 1 heterocycles. The van der Waals surface area contributed by atoms with E-state index < -0.39 is 11.9 Å². The molecule has 1 aromatic heterocycles. The molecule has 5 heteroatoms. The van der Waals surface area contributed by atoms with Gasteiger partial charge in [-0.1, -0.05) is 0 Å². The predicted octanol–water partition coefficient (Wildman–Crippen LogP) is 2.64. The monoisotopic (exact) mass is 229 g/mol. The molecule has 1 saturated carbocycles. The zero-order chi connectivity index (χ0) is 11.8. The molecule has 0 spiro atoms. The topological polar surface area (TPSA) is 31.2 Å². The van der Waals surface area contributed by atoms with Gasteiger partial charge in [0.15, 0.2) is 0 Å². The van der Waals surface area contributed by atoms with Crippen LogP contribution in [0.2, 0.25) is 0 Å². The molecule has 2 rings (SSSR count). The van der Waals surface area contributed by atoms with Crippen LogP contribution < -0.4 is 0 Å². The van der Waals surface area contributed by atoms with Crippen molar-refractivity contribution in [1.29, 1.82) is 0 Å². The highest BCUT2D eigenvalue weighted by Crippen LogP contribution is 2.41. The van der Waals surface area contributed by atoms with Crippen LogP contribution in [0, 0.1) is 0 Å². The molecule has 0 N–H and O–H groups in total. The fourth-order valence-corrected chi connectivity index (χ4v) is 2.06. The number of aromatic nitrogens is 1. The van der Waals surface area contributed by atoms with Crippen molar-refractivity contribution < 1.29 is 18.3 Å². The average molecular weight is 229 g/mol. The van der Waals surface area contributed by atoms with Gasteiger partial charge >= 0.3 is 5.97 Å². The van der Waals surface area contributed by atoms with E-state index in [9.17, 15) is 13.6 Å². The lowest BCUT2D eigenvalue weighted by atomic mass is 10.2. The Labute approximate surface area is 92.0 Å². The molecule has 0 amide bonds. The first-order valence-electron chi connectivity index (χ1n) is 5.15. The van der Waals surface area contributed by atoms with Crippen LogP contribution in [0.4, 0.5) is 8.78 Å². The number of hydrogen-bond donors (Lipinski definition) is 0. The number of ether oxygens (including phenoxy) is 1. The lowest BCUT2D eigenvalue weighted by molar-refractivity contribution is 0.00564. The minimum atomic E-state index is -2.57. The second-order valence-corrected chi connectivity index (χ2v) is 4.09. The number of carbonyl (C=O) groups excluding carboxylic acids is 1. The van der Waals surface area contributed by atoms with Gasteiger partial charge in [-0.25, -0.2) is 13.6 Å². The van der Waals surface area contributed by atoms with Crippen LogP contribution in [0.1, 0.15) is 35.7 Å². The normalized spacial score (nSPS) is 23.3. The van der Waals surface area contributed by atoms with Crippen molar-refractivity contribution in [3.8, 4) is 0 Å². The van der Waals surface area contributed by atoms with Crippen molar-refractivity contribution in [3.63, 3.8) is 0 Å². The summed E-state index contributed by atoms with van der Waals surface area (Å²) in [6.45, 7) is 0. The molecule has 1 aromatic rings. The summed E-state index contributed by atoms with van der Waals surface area (Å²) in [4.78, 5) is 11.2. The van der Waals surface area contributed by atoms with Gasteiger partial charge in [-0.2, -0.15) is 0 Å². The molecule has 16 heavy (non-hydrogen) atoms. The highest BCUT2D eigenvalue weighted by Gasteiger charge is 2.40. The van der Waals surface area contributed by atoms with Crippen LogP contribution in [0.15, 0.2) is 18.5 Å². The third kappa shape index (κ3) is 2.08. The maximum absolute atomic E-state index is 13.0. The highest BCUT2D eigenvalue weighted by molar-refractivity contribution is 5.89. The number of carbonyl (C=O) groups is 1. The summed E-state index contributed by atoms with van der Waals surface area (Å²) in [5.74, 6) is -3.01. The number of nitrogens with zero attached hydrogens (tertiary/aromatic N) is 1. The van der Waals surface area contributed by atoms with Crippen LogP contribution in [-0.4, -0.2) is 23.6 Å². The van der Waals surface area contributed by atoms with E-state index in [4.69, 9.17) is 0 Å². The van der Waals surface area contributed by atoms with Gasteiger partial charge in [0, 0.05) is 31.3 Å². The third-order valence-electron chi connectivity index (χ3n) is 2.93. The number of halogens is 2. The standard InChI is InChI=1S/C11H13F2NO2/c1-16-10(15)8-3-5-14(7-8)9-2-4-11(12,13)6-9/h3,5,7,9H,2,4,6H2,1H3. The molecule has 1 unspecified atom stereocenters. The first-order chi connectivity index (χ1) is 7.52. The Hall–Kier alpha value is -1.39. The van der Waals surface area contributed by atoms with E-state index in [-0.39, 0.29) is 18.9 Å². The van der Waals surface area contributed by atoms with E-state index in [2.05, 4.69) is 4.74 Å². The van der Waals surface area contributed by atoms with E-state index in [1.807, 2.05) is 0 Å². The van der Waals surface area contributed by atoms with Gasteiger partial charge in [0.05, 0.1) is 12.7 Å². The zero-order valence-electron chi connectivity index (χ0n) is 8.95. The van der Waals surface area contributed by atoms with Gasteiger partial charge < -0.3 is 9.30 Å². The molecule has 0 bridgehead atoms. The minimum Gasteiger partial charge on any atom is -0.465 e. The average Bonchev–Trinajstić information content (AvgIpc) is 2.83. The molecule has 0 aliphatic heterocycles. The van der Waals surface area contributed by atoms with Crippen LogP contribution in [0.3, 0.4) is 0 Å². The maximum Gasteiger partial charge on any atom is 0.339 e. The smallest absolute Gasteiger partial charge is 0.339 e. The summed E-state index contributed by atoms with van der Waals surface area (Å²) in [6, 6.07) is 1.37. The summed E-state index contributed by atoms with van der Waals surface area (Å²) in [7, 11) is 1.30. The predicted molar refractivity (Wildman–Crippen MR) is 53.6 cm³/mol. The zero-order valence-corrected chi connectivity index (χ0v) is 8.95. The van der Waals surface area contributed by atoms with E-state index in [1.165, 1.54) is 7.11 Å². The molecule has 1 atom stereocenters. The van der Waals surface area contributed by atoms with Crippen molar-refractivity contribution in [2.45, 2.75) is 31.2 Å². The fourth-order valence-electron chi connectivity index (χ4n) is 2.06. The quantitative estimate of drug-likeness (QED) is 0.730. The molecular weight excluding hydrogens is 216 g/mol. The number of esters is 1. The molecule has 88 valence electrons. The molecule has 1 aliphatic carbocycles. The summed E-state index contributed by atoms with van der Waals surface area (Å²) >= 11 is 0. The first kappa shape index (κ1) is 11.1. The molecular formula is C11H13F2NO2. The molecule has 3 nitrogen and oxygen atoms in total. The number of hydrogen-bond acceptors (Lipinski definition) is 2. The minimum absolute atomic E-state index is 0.0800. The Balaban J connectivity index is 2.11. The van der Waals surface area contributed by atoms with E-state index >= 15 is 0 Å². The maximum atomic E-state index is 13.0. The Morgan fingerprint density at radius 3 is 2.94 bits per heavy atom. The highest BCUT2D eigenvalue weighted by atomic mass is 19.3. The van der Waals surface area contributed by atoms with Crippen LogP contribution in [-0.2, 0) is 4.74 Å². The Morgan fingerprint density at radius 2 is 2.38 bits per heavy atom. The largest absolute Gasteiger partial charge is 0.465 e. The van der Waals surface area contributed by atoms with Gasteiger partial charge in [-0.3, -0.25) is 0 Å². The third-order valence-corrected chi connectivity index (χ3v) is 2.93. The molecule has 1 aliphatic rings. The second kappa shape index (κ2) is 3.88. The summed E-state index contributed by atoms with van der Waals surface area (Å²) in [5.41, 5.74) is 0.401. The van der Waals surface area contributed by atoms with Crippen molar-refractivity contribution in [2.75, 3.05) is 7.11 Å². The lowest BCUT2D eigenvalue weighted by Gasteiger charge is -2.12. The van der Waals surface area contributed by atoms with Crippen LogP contribution in [0.5, 0.6) is 0 Å². The number of alkyl halides is 2. The first-order valence-corrected chi connectivity index (χ1v) is 5.15. The van der Waals surface area contributed by atoms with E-state index in [0.717, 1.165) is 0 Å². The van der Waals surface area contributed by atoms with Gasteiger partial charge in [-0.05, 0) is 12.5 Å². The SMILES string of the molecule is COC(=O)c1ccn(C2CCC(F)(F)C2)c1. The van der Waals surface area contributed by atoms with Crippen LogP contribution in [0.25, 0.3) is 0 Å². The van der Waals surface area contributed by atoms with E-state index in [1.54, 1.807) is 23.0 Å². The van der Waals surface area contributed by atoms with Crippen molar-refractivity contribution in [3.05, 3.63) is 24.0 Å². The molecule has 0 saturated heterocycles. The van der Waals surface area contributed by atoms with Crippen molar-refractivity contribution >= 4 is 5.97 Å². The lowest BCUT2D eigenvalue weighted by Crippen LogP contribution is -2.11.